The Balaban J connectivity index is 1.91. The van der Waals surface area contributed by atoms with E-state index in [1.165, 1.54) is 0 Å². The average molecular weight is 239 g/mol. The number of rotatable bonds is 4. The van der Waals surface area contributed by atoms with Crippen LogP contribution in [-0.4, -0.2) is 39.2 Å². The van der Waals surface area contributed by atoms with Crippen molar-refractivity contribution in [3.05, 3.63) is 11.7 Å². The summed E-state index contributed by atoms with van der Waals surface area (Å²) in [7, 11) is 0. The molecule has 1 aromatic heterocycles. The zero-order chi connectivity index (χ0) is 12.4. The van der Waals surface area contributed by atoms with Crippen molar-refractivity contribution in [1.29, 1.82) is 0 Å². The maximum absolute atomic E-state index is 10.8. The predicted molar refractivity (Wildman–Crippen MR) is 59.4 cm³/mol. The normalized spacial score (nSPS) is 21.2. The van der Waals surface area contributed by atoms with Crippen LogP contribution in [0.25, 0.3) is 0 Å². The topological polar surface area (TPSA) is 79.5 Å². The highest BCUT2D eigenvalue weighted by Gasteiger charge is 2.28. The van der Waals surface area contributed by atoms with Crippen LogP contribution >= 0.6 is 0 Å². The molecule has 17 heavy (non-hydrogen) atoms. The van der Waals surface area contributed by atoms with E-state index in [1.54, 1.807) is 0 Å². The molecule has 0 spiro atoms. The maximum Gasteiger partial charge on any atom is 0.307 e. The van der Waals surface area contributed by atoms with E-state index >= 15 is 0 Å². The number of nitrogens with zero attached hydrogens (tertiary/aromatic N) is 3. The van der Waals surface area contributed by atoms with E-state index < -0.39 is 5.97 Å². The van der Waals surface area contributed by atoms with E-state index in [0.29, 0.717) is 31.2 Å². The molecule has 2 heterocycles. The first-order valence-electron chi connectivity index (χ1n) is 5.84. The molecule has 1 fully saturated rings. The molecule has 0 unspecified atom stereocenters. The molecule has 1 saturated heterocycles. The van der Waals surface area contributed by atoms with Gasteiger partial charge in [0.05, 0.1) is 12.5 Å². The Morgan fingerprint density at radius 1 is 1.65 bits per heavy atom. The number of carboxylic acids is 1. The highest BCUT2D eigenvalue weighted by molar-refractivity contribution is 5.70. The Bertz CT molecular complexity index is 402. The Kier molecular flexibility index (Phi) is 3.42. The van der Waals surface area contributed by atoms with Crippen LogP contribution in [0.2, 0.25) is 0 Å². The monoisotopic (exact) mass is 239 g/mol. The van der Waals surface area contributed by atoms with Gasteiger partial charge in [0.1, 0.15) is 0 Å². The quantitative estimate of drug-likeness (QED) is 0.847. The molecule has 0 amide bonds. The van der Waals surface area contributed by atoms with Crippen molar-refractivity contribution in [2.75, 3.05) is 13.1 Å². The van der Waals surface area contributed by atoms with Crippen molar-refractivity contribution in [2.45, 2.75) is 32.7 Å². The van der Waals surface area contributed by atoms with Gasteiger partial charge in [-0.25, -0.2) is 0 Å². The van der Waals surface area contributed by atoms with Crippen molar-refractivity contribution in [1.82, 2.24) is 15.0 Å². The summed E-state index contributed by atoms with van der Waals surface area (Å²) < 4.78 is 5.13. The van der Waals surface area contributed by atoms with Crippen LogP contribution in [0.5, 0.6) is 0 Å². The number of aliphatic carboxylic acids is 1. The molecule has 6 nitrogen and oxygen atoms in total. The molecule has 0 radical (unpaired) electrons. The summed E-state index contributed by atoms with van der Waals surface area (Å²) in [5, 5.41) is 12.8. The highest BCUT2D eigenvalue weighted by atomic mass is 16.5. The molecule has 1 aliphatic rings. The fourth-order valence-corrected chi connectivity index (χ4v) is 1.94. The smallest absolute Gasteiger partial charge is 0.307 e. The third-order valence-electron chi connectivity index (χ3n) is 2.98. The lowest BCUT2D eigenvalue weighted by molar-refractivity contribution is -0.141. The van der Waals surface area contributed by atoms with Gasteiger partial charge in [-0.1, -0.05) is 19.0 Å². The van der Waals surface area contributed by atoms with E-state index in [9.17, 15) is 4.79 Å². The van der Waals surface area contributed by atoms with Crippen molar-refractivity contribution in [3.63, 3.8) is 0 Å². The molecular formula is C11H17N3O3. The predicted octanol–water partition coefficient (Wildman–Crippen LogP) is 1.10. The van der Waals surface area contributed by atoms with Gasteiger partial charge < -0.3 is 9.63 Å². The molecule has 1 aromatic rings. The van der Waals surface area contributed by atoms with Gasteiger partial charge in [0.25, 0.3) is 0 Å². The summed E-state index contributed by atoms with van der Waals surface area (Å²) in [5.41, 5.74) is 0. The second-order valence-electron chi connectivity index (χ2n) is 4.76. The van der Waals surface area contributed by atoms with Crippen molar-refractivity contribution < 1.29 is 14.4 Å². The van der Waals surface area contributed by atoms with Gasteiger partial charge in [0, 0.05) is 12.5 Å². The fourth-order valence-electron chi connectivity index (χ4n) is 1.94. The molecule has 6 heteroatoms. The minimum absolute atomic E-state index is 0.248. The number of carbonyl (C=O) groups is 1. The van der Waals surface area contributed by atoms with Gasteiger partial charge in [-0.3, -0.25) is 9.69 Å². The Morgan fingerprint density at radius 2 is 2.41 bits per heavy atom. The molecule has 1 N–H and O–H groups in total. The van der Waals surface area contributed by atoms with Gasteiger partial charge in [0.15, 0.2) is 5.82 Å². The Morgan fingerprint density at radius 3 is 2.94 bits per heavy atom. The molecular weight excluding hydrogens is 222 g/mol. The number of carboxylic acid groups (broad SMARTS) is 1. The second-order valence-corrected chi connectivity index (χ2v) is 4.76. The van der Waals surface area contributed by atoms with Crippen molar-refractivity contribution in [2.24, 2.45) is 5.92 Å². The van der Waals surface area contributed by atoms with Gasteiger partial charge in [-0.15, -0.1) is 0 Å². The largest absolute Gasteiger partial charge is 0.481 e. The lowest BCUT2D eigenvalue weighted by Gasteiger charge is -2.11. The fraction of sp³-hybridized carbons (Fsp3) is 0.727. The molecule has 0 aromatic carbocycles. The first kappa shape index (κ1) is 12.0. The van der Waals surface area contributed by atoms with E-state index in [4.69, 9.17) is 9.63 Å². The molecule has 0 bridgehead atoms. The number of hydrogen-bond acceptors (Lipinski definition) is 5. The SMILES string of the molecule is CC(C)c1noc(CN2CC[C@H](C(=O)O)C2)n1. The van der Waals surface area contributed by atoms with Crippen LogP contribution in [0.4, 0.5) is 0 Å². The van der Waals surface area contributed by atoms with E-state index in [2.05, 4.69) is 10.1 Å². The van der Waals surface area contributed by atoms with E-state index in [1.807, 2.05) is 18.7 Å². The second kappa shape index (κ2) is 4.83. The number of aromatic nitrogens is 2. The molecule has 94 valence electrons. The van der Waals surface area contributed by atoms with Crippen LogP contribution in [0.1, 0.15) is 37.9 Å². The zero-order valence-corrected chi connectivity index (χ0v) is 10.1. The number of hydrogen-bond donors (Lipinski definition) is 1. The zero-order valence-electron chi connectivity index (χ0n) is 10.1. The highest BCUT2D eigenvalue weighted by Crippen LogP contribution is 2.19. The first-order chi connectivity index (χ1) is 8.06. The van der Waals surface area contributed by atoms with Crippen LogP contribution in [-0.2, 0) is 11.3 Å². The summed E-state index contributed by atoms with van der Waals surface area (Å²) in [6, 6.07) is 0. The summed E-state index contributed by atoms with van der Waals surface area (Å²) in [6.07, 6.45) is 0.695. The summed E-state index contributed by atoms with van der Waals surface area (Å²) in [4.78, 5) is 17.1. The van der Waals surface area contributed by atoms with Crippen molar-refractivity contribution in [3.8, 4) is 0 Å². The van der Waals surface area contributed by atoms with E-state index in [0.717, 1.165) is 6.54 Å². The summed E-state index contributed by atoms with van der Waals surface area (Å²) in [6.45, 7) is 5.89. The molecule has 1 aliphatic heterocycles. The van der Waals surface area contributed by atoms with Gasteiger partial charge in [-0.2, -0.15) is 4.98 Å². The van der Waals surface area contributed by atoms with Crippen LogP contribution < -0.4 is 0 Å². The number of likely N-dealkylation sites (tertiary alicyclic amines) is 1. The van der Waals surface area contributed by atoms with Crippen molar-refractivity contribution >= 4 is 5.97 Å². The third kappa shape index (κ3) is 2.82. The van der Waals surface area contributed by atoms with Crippen LogP contribution in [0.15, 0.2) is 4.52 Å². The van der Waals surface area contributed by atoms with Crippen LogP contribution in [0.3, 0.4) is 0 Å². The standard InChI is InChI=1S/C11H17N3O3/c1-7(2)10-12-9(17-13-10)6-14-4-3-8(5-14)11(15)16/h7-8H,3-6H2,1-2H3,(H,15,16)/t8-/m0/s1. The van der Waals surface area contributed by atoms with Gasteiger partial charge in [0.2, 0.25) is 5.89 Å². The minimum atomic E-state index is -0.721. The summed E-state index contributed by atoms with van der Waals surface area (Å²) in [5.74, 6) is 0.537. The molecule has 0 aliphatic carbocycles. The first-order valence-corrected chi connectivity index (χ1v) is 5.84. The van der Waals surface area contributed by atoms with E-state index in [-0.39, 0.29) is 11.8 Å². The molecule has 0 saturated carbocycles. The molecule has 1 atom stereocenters. The summed E-state index contributed by atoms with van der Waals surface area (Å²) >= 11 is 0. The van der Waals surface area contributed by atoms with Crippen LogP contribution in [0, 0.1) is 5.92 Å². The Hall–Kier alpha value is -1.43. The third-order valence-corrected chi connectivity index (χ3v) is 2.98. The van der Waals surface area contributed by atoms with Gasteiger partial charge >= 0.3 is 5.97 Å². The minimum Gasteiger partial charge on any atom is -0.481 e. The van der Waals surface area contributed by atoms with Gasteiger partial charge in [-0.05, 0) is 13.0 Å². The molecule has 2 rings (SSSR count). The lowest BCUT2D eigenvalue weighted by atomic mass is 10.1. The maximum atomic E-state index is 10.8. The average Bonchev–Trinajstić information content (AvgIpc) is 2.87. The lowest BCUT2D eigenvalue weighted by Crippen LogP contribution is -2.23. The Labute approximate surface area is 99.6 Å².